The molecule has 0 bridgehead atoms. The van der Waals surface area contributed by atoms with Gasteiger partial charge < -0.3 is 0 Å². The molecular weight excluding hydrogens is 256 g/mol. The van der Waals surface area contributed by atoms with E-state index in [1.807, 2.05) is 13.8 Å². The summed E-state index contributed by atoms with van der Waals surface area (Å²) in [4.78, 5) is 3.68. The third-order valence-corrected chi connectivity index (χ3v) is 4.50. The number of nitrogens with zero attached hydrogens (tertiary/aromatic N) is 1. The van der Waals surface area contributed by atoms with Crippen molar-refractivity contribution in [2.24, 2.45) is 0 Å². The van der Waals surface area contributed by atoms with E-state index in [1.54, 1.807) is 6.08 Å². The zero-order valence-electron chi connectivity index (χ0n) is 8.32. The Bertz CT molecular complexity index is 461. The monoisotopic (exact) mass is 266 g/mol. The molecule has 1 rings (SSSR count). The van der Waals surface area contributed by atoms with E-state index in [4.69, 9.17) is 11.6 Å². The van der Waals surface area contributed by atoms with Gasteiger partial charge in [0, 0.05) is 6.54 Å². The molecule has 0 unspecified atom stereocenters. The van der Waals surface area contributed by atoms with Crippen LogP contribution in [0.4, 0.5) is 0 Å². The third-order valence-electron chi connectivity index (χ3n) is 1.50. The van der Waals surface area contributed by atoms with Crippen molar-refractivity contribution in [1.29, 1.82) is 0 Å². The highest BCUT2D eigenvalue weighted by atomic mass is 35.5. The van der Waals surface area contributed by atoms with Crippen LogP contribution in [0.25, 0.3) is 0 Å². The molecule has 15 heavy (non-hydrogen) atoms. The summed E-state index contributed by atoms with van der Waals surface area (Å²) in [6.07, 6.45) is 3.04. The third kappa shape index (κ3) is 3.90. The molecular formula is C8H11ClN2O2S2. The fourth-order valence-electron chi connectivity index (χ4n) is 0.790. The van der Waals surface area contributed by atoms with E-state index in [2.05, 4.69) is 9.71 Å². The van der Waals surface area contributed by atoms with E-state index in [1.165, 1.54) is 6.20 Å². The number of thiazole rings is 1. The first-order chi connectivity index (χ1) is 6.92. The average Bonchev–Trinajstić information content (AvgIpc) is 2.51. The SMILES string of the molecule is CC(C)=CCNS(=O)(=O)c1cnc(Cl)s1. The van der Waals surface area contributed by atoms with Crippen molar-refractivity contribution >= 4 is 33.0 Å². The van der Waals surface area contributed by atoms with Gasteiger partial charge in [0.05, 0.1) is 6.20 Å². The minimum atomic E-state index is -3.46. The van der Waals surface area contributed by atoms with Gasteiger partial charge in [-0.05, 0) is 13.8 Å². The molecule has 0 amide bonds. The second-order valence-corrected chi connectivity index (χ2v) is 6.67. The van der Waals surface area contributed by atoms with Crippen molar-refractivity contribution < 1.29 is 8.42 Å². The fourth-order valence-corrected chi connectivity index (χ4v) is 3.09. The number of hydrogen-bond acceptors (Lipinski definition) is 4. The second kappa shape index (κ2) is 5.07. The zero-order valence-corrected chi connectivity index (χ0v) is 10.7. The van der Waals surface area contributed by atoms with Gasteiger partial charge in [0.15, 0.2) is 8.68 Å². The van der Waals surface area contributed by atoms with Crippen molar-refractivity contribution in [1.82, 2.24) is 9.71 Å². The molecule has 1 heterocycles. The van der Waals surface area contributed by atoms with Crippen molar-refractivity contribution in [3.05, 3.63) is 22.3 Å². The first kappa shape index (κ1) is 12.6. The Hall–Kier alpha value is -0.430. The standard InChI is InChI=1S/C8H11ClN2O2S2/c1-6(2)3-4-11-15(12,13)7-5-10-8(9)14-7/h3,5,11H,4H2,1-2H3. The Balaban J connectivity index is 2.73. The molecule has 0 aliphatic carbocycles. The van der Waals surface area contributed by atoms with Gasteiger partial charge in [-0.1, -0.05) is 34.6 Å². The van der Waals surface area contributed by atoms with E-state index in [0.717, 1.165) is 16.9 Å². The zero-order chi connectivity index (χ0) is 11.5. The second-order valence-electron chi connectivity index (χ2n) is 3.07. The minimum absolute atomic E-state index is 0.134. The maximum Gasteiger partial charge on any atom is 0.251 e. The van der Waals surface area contributed by atoms with Gasteiger partial charge in [-0.25, -0.2) is 18.1 Å². The molecule has 4 nitrogen and oxygen atoms in total. The molecule has 0 fully saturated rings. The lowest BCUT2D eigenvalue weighted by atomic mass is 10.3. The van der Waals surface area contributed by atoms with Crippen LogP contribution in [0, 0.1) is 0 Å². The molecule has 0 aromatic carbocycles. The smallest absolute Gasteiger partial charge is 0.232 e. The predicted molar refractivity (Wildman–Crippen MR) is 61.7 cm³/mol. The van der Waals surface area contributed by atoms with Crippen LogP contribution in [0.2, 0.25) is 4.47 Å². The highest BCUT2D eigenvalue weighted by Gasteiger charge is 2.15. The topological polar surface area (TPSA) is 59.1 Å². The molecule has 7 heteroatoms. The van der Waals surface area contributed by atoms with Gasteiger partial charge in [0.2, 0.25) is 0 Å². The summed E-state index contributed by atoms with van der Waals surface area (Å²) in [6.45, 7) is 4.08. The minimum Gasteiger partial charge on any atom is -0.232 e. The first-order valence-corrected chi connectivity index (χ1v) is 6.84. The summed E-state index contributed by atoms with van der Waals surface area (Å²) in [5.74, 6) is 0. The van der Waals surface area contributed by atoms with E-state index in [-0.39, 0.29) is 15.2 Å². The molecule has 1 N–H and O–H groups in total. The fraction of sp³-hybridized carbons (Fsp3) is 0.375. The van der Waals surface area contributed by atoms with E-state index < -0.39 is 10.0 Å². The van der Waals surface area contributed by atoms with Crippen molar-refractivity contribution in [2.45, 2.75) is 18.1 Å². The van der Waals surface area contributed by atoms with Crippen LogP contribution in [0.3, 0.4) is 0 Å². The first-order valence-electron chi connectivity index (χ1n) is 4.16. The number of sulfonamides is 1. The maximum absolute atomic E-state index is 11.6. The Labute approximate surface area is 98.0 Å². The van der Waals surface area contributed by atoms with Crippen LogP contribution in [-0.2, 0) is 10.0 Å². The van der Waals surface area contributed by atoms with Crippen LogP contribution in [0.1, 0.15) is 13.8 Å². The molecule has 0 aliphatic heterocycles. The quantitative estimate of drug-likeness (QED) is 0.849. The van der Waals surface area contributed by atoms with Crippen molar-refractivity contribution in [3.63, 3.8) is 0 Å². The molecule has 1 aromatic rings. The molecule has 0 saturated heterocycles. The van der Waals surface area contributed by atoms with Crippen LogP contribution in [0.15, 0.2) is 22.1 Å². The summed E-state index contributed by atoms with van der Waals surface area (Å²) < 4.78 is 26.0. The molecule has 0 radical (unpaired) electrons. The van der Waals surface area contributed by atoms with E-state index in [0.29, 0.717) is 0 Å². The van der Waals surface area contributed by atoms with Crippen LogP contribution in [-0.4, -0.2) is 19.9 Å². The predicted octanol–water partition coefficient (Wildman–Crippen LogP) is 2.04. The van der Waals surface area contributed by atoms with Crippen LogP contribution < -0.4 is 4.72 Å². The average molecular weight is 267 g/mol. The molecule has 0 atom stereocenters. The number of hydrogen-bond donors (Lipinski definition) is 1. The lowest BCUT2D eigenvalue weighted by Gasteiger charge is -2.00. The Morgan fingerprint density at radius 2 is 2.33 bits per heavy atom. The van der Waals surface area contributed by atoms with Crippen molar-refractivity contribution in [2.75, 3.05) is 6.54 Å². The highest BCUT2D eigenvalue weighted by Crippen LogP contribution is 2.21. The van der Waals surface area contributed by atoms with Crippen LogP contribution >= 0.6 is 22.9 Å². The van der Waals surface area contributed by atoms with E-state index in [9.17, 15) is 8.42 Å². The number of allylic oxidation sites excluding steroid dienone is 1. The summed E-state index contributed by atoms with van der Waals surface area (Å²) in [5, 5.41) is 0. The normalized spacial score (nSPS) is 11.4. The summed E-state index contributed by atoms with van der Waals surface area (Å²) in [5.41, 5.74) is 1.06. The molecule has 1 aromatic heterocycles. The number of halogens is 1. The number of rotatable bonds is 4. The lowest BCUT2D eigenvalue weighted by Crippen LogP contribution is -2.23. The molecule has 0 saturated carbocycles. The number of aromatic nitrogens is 1. The molecule has 0 aliphatic rings. The van der Waals surface area contributed by atoms with Gasteiger partial charge in [-0.15, -0.1) is 0 Å². The largest absolute Gasteiger partial charge is 0.251 e. The maximum atomic E-state index is 11.6. The Kier molecular flexibility index (Phi) is 4.27. The highest BCUT2D eigenvalue weighted by molar-refractivity contribution is 7.91. The summed E-state index contributed by atoms with van der Waals surface area (Å²) in [7, 11) is -3.46. The van der Waals surface area contributed by atoms with Gasteiger partial charge in [0.1, 0.15) is 0 Å². The van der Waals surface area contributed by atoms with Gasteiger partial charge in [-0.3, -0.25) is 0 Å². The number of nitrogens with one attached hydrogen (secondary N) is 1. The molecule has 84 valence electrons. The summed E-state index contributed by atoms with van der Waals surface area (Å²) >= 11 is 6.49. The Morgan fingerprint density at radius 3 is 2.80 bits per heavy atom. The Morgan fingerprint density at radius 1 is 1.67 bits per heavy atom. The van der Waals surface area contributed by atoms with Crippen LogP contribution in [0.5, 0.6) is 0 Å². The van der Waals surface area contributed by atoms with E-state index >= 15 is 0 Å². The summed E-state index contributed by atoms with van der Waals surface area (Å²) in [6, 6.07) is 0. The van der Waals surface area contributed by atoms with Gasteiger partial charge >= 0.3 is 0 Å². The van der Waals surface area contributed by atoms with Gasteiger partial charge in [0.25, 0.3) is 10.0 Å². The lowest BCUT2D eigenvalue weighted by molar-refractivity contribution is 0.587. The van der Waals surface area contributed by atoms with Crippen molar-refractivity contribution in [3.8, 4) is 0 Å². The molecule has 0 spiro atoms. The van der Waals surface area contributed by atoms with Gasteiger partial charge in [-0.2, -0.15) is 0 Å².